The van der Waals surface area contributed by atoms with Gasteiger partial charge in [0.25, 0.3) is 0 Å². The molecule has 21 heavy (non-hydrogen) atoms. The van der Waals surface area contributed by atoms with Crippen LogP contribution in [0.4, 0.5) is 8.78 Å². The highest BCUT2D eigenvalue weighted by Crippen LogP contribution is 2.25. The summed E-state index contributed by atoms with van der Waals surface area (Å²) in [5.74, 6) is -2.27. The summed E-state index contributed by atoms with van der Waals surface area (Å²) in [6.07, 6.45) is 3.00. The van der Waals surface area contributed by atoms with Crippen LogP contribution in [0.25, 0.3) is 0 Å². The van der Waals surface area contributed by atoms with Gasteiger partial charge in [0.1, 0.15) is 0 Å². The van der Waals surface area contributed by atoms with Crippen molar-refractivity contribution in [2.24, 2.45) is 5.73 Å². The SMILES string of the molecule is CC(CCCOc1c(F)cccc1F)(NC1CC1)C(N)=O. The van der Waals surface area contributed by atoms with Crippen LogP contribution in [0.1, 0.15) is 32.6 Å². The number of primary amides is 1. The lowest BCUT2D eigenvalue weighted by Gasteiger charge is -2.27. The first-order valence-corrected chi connectivity index (χ1v) is 7.07. The summed E-state index contributed by atoms with van der Waals surface area (Å²) in [4.78, 5) is 11.6. The highest BCUT2D eigenvalue weighted by atomic mass is 19.1. The van der Waals surface area contributed by atoms with Crippen LogP contribution < -0.4 is 15.8 Å². The molecule has 1 saturated carbocycles. The molecule has 2 rings (SSSR count). The number of benzene rings is 1. The minimum Gasteiger partial charge on any atom is -0.488 e. The van der Waals surface area contributed by atoms with Gasteiger partial charge in [-0.15, -0.1) is 0 Å². The van der Waals surface area contributed by atoms with Crippen molar-refractivity contribution in [2.75, 3.05) is 6.61 Å². The van der Waals surface area contributed by atoms with Gasteiger partial charge in [0.2, 0.25) is 5.91 Å². The summed E-state index contributed by atoms with van der Waals surface area (Å²) in [6, 6.07) is 3.90. The maximum absolute atomic E-state index is 13.4. The fourth-order valence-corrected chi connectivity index (χ4v) is 2.17. The fourth-order valence-electron chi connectivity index (χ4n) is 2.17. The molecule has 3 N–H and O–H groups in total. The van der Waals surface area contributed by atoms with E-state index in [2.05, 4.69) is 5.32 Å². The van der Waals surface area contributed by atoms with Crippen molar-refractivity contribution < 1.29 is 18.3 Å². The van der Waals surface area contributed by atoms with Crippen molar-refractivity contribution in [1.82, 2.24) is 5.32 Å². The van der Waals surface area contributed by atoms with Crippen LogP contribution in [-0.4, -0.2) is 24.1 Å². The fraction of sp³-hybridized carbons (Fsp3) is 0.533. The Morgan fingerprint density at radius 3 is 2.57 bits per heavy atom. The molecule has 116 valence electrons. The highest BCUT2D eigenvalue weighted by molar-refractivity contribution is 5.84. The summed E-state index contributed by atoms with van der Waals surface area (Å²) in [5.41, 5.74) is 4.62. The molecule has 1 atom stereocenters. The van der Waals surface area contributed by atoms with E-state index in [0.29, 0.717) is 18.9 Å². The van der Waals surface area contributed by atoms with Gasteiger partial charge in [0.15, 0.2) is 17.4 Å². The van der Waals surface area contributed by atoms with Gasteiger partial charge in [0.05, 0.1) is 12.1 Å². The predicted molar refractivity (Wildman–Crippen MR) is 74.8 cm³/mol. The standard InChI is InChI=1S/C15H20F2N2O2/c1-15(14(18)20,19-10-6-7-10)8-3-9-21-13-11(16)4-2-5-12(13)17/h2,4-5,10,19H,3,6-9H2,1H3,(H2,18,20). The number of hydrogen-bond donors (Lipinski definition) is 2. The molecule has 1 aromatic rings. The van der Waals surface area contributed by atoms with Crippen LogP contribution in [-0.2, 0) is 4.79 Å². The zero-order valence-corrected chi connectivity index (χ0v) is 12.0. The summed E-state index contributed by atoms with van der Waals surface area (Å²) in [6.45, 7) is 1.87. The minimum atomic E-state index is -0.807. The van der Waals surface area contributed by atoms with Crippen LogP contribution in [0.3, 0.4) is 0 Å². The number of rotatable bonds is 8. The summed E-state index contributed by atoms with van der Waals surface area (Å²) in [5, 5.41) is 3.21. The molecule has 0 aromatic heterocycles. The monoisotopic (exact) mass is 298 g/mol. The van der Waals surface area contributed by atoms with Gasteiger partial charge in [-0.1, -0.05) is 6.07 Å². The predicted octanol–water partition coefficient (Wildman–Crippen LogP) is 2.12. The number of nitrogens with one attached hydrogen (secondary N) is 1. The molecular weight excluding hydrogens is 278 g/mol. The maximum Gasteiger partial charge on any atom is 0.237 e. The molecule has 1 fully saturated rings. The van der Waals surface area contributed by atoms with Crippen molar-refractivity contribution >= 4 is 5.91 Å². The topological polar surface area (TPSA) is 64.3 Å². The molecule has 1 amide bonds. The quantitative estimate of drug-likeness (QED) is 0.723. The van der Waals surface area contributed by atoms with E-state index in [0.717, 1.165) is 25.0 Å². The van der Waals surface area contributed by atoms with E-state index >= 15 is 0 Å². The Morgan fingerprint density at radius 1 is 1.43 bits per heavy atom. The number of carbonyl (C=O) groups excluding carboxylic acids is 1. The average Bonchev–Trinajstić information content (AvgIpc) is 3.21. The van der Waals surface area contributed by atoms with E-state index < -0.39 is 23.1 Å². The molecular formula is C15H20F2N2O2. The Kier molecular flexibility index (Phi) is 4.77. The van der Waals surface area contributed by atoms with E-state index in [9.17, 15) is 13.6 Å². The first kappa shape index (κ1) is 15.7. The molecule has 1 aliphatic rings. The second kappa shape index (κ2) is 6.39. The lowest BCUT2D eigenvalue weighted by Crippen LogP contribution is -2.54. The average molecular weight is 298 g/mol. The zero-order chi connectivity index (χ0) is 15.5. The Hall–Kier alpha value is -1.69. The Morgan fingerprint density at radius 2 is 2.05 bits per heavy atom. The molecule has 0 heterocycles. The number of ether oxygens (including phenoxy) is 1. The van der Waals surface area contributed by atoms with Gasteiger partial charge < -0.3 is 15.8 Å². The maximum atomic E-state index is 13.4. The van der Waals surface area contributed by atoms with Crippen molar-refractivity contribution in [1.29, 1.82) is 0 Å². The first-order valence-electron chi connectivity index (χ1n) is 7.07. The lowest BCUT2D eigenvalue weighted by molar-refractivity contribution is -0.124. The molecule has 1 aliphatic carbocycles. The van der Waals surface area contributed by atoms with Crippen LogP contribution in [0.15, 0.2) is 18.2 Å². The van der Waals surface area contributed by atoms with Crippen LogP contribution in [0.5, 0.6) is 5.75 Å². The molecule has 0 saturated heterocycles. The third kappa shape index (κ3) is 4.14. The number of hydrogen-bond acceptors (Lipinski definition) is 3. The Labute approximate surface area is 122 Å². The van der Waals surface area contributed by atoms with E-state index in [-0.39, 0.29) is 12.4 Å². The Bertz CT molecular complexity index is 500. The van der Waals surface area contributed by atoms with E-state index in [1.165, 1.54) is 6.07 Å². The molecule has 4 nitrogen and oxygen atoms in total. The van der Waals surface area contributed by atoms with Crippen molar-refractivity contribution in [2.45, 2.75) is 44.2 Å². The van der Waals surface area contributed by atoms with Crippen LogP contribution >= 0.6 is 0 Å². The summed E-state index contributed by atoms with van der Waals surface area (Å²) < 4.78 is 31.9. The number of carbonyl (C=O) groups is 1. The summed E-state index contributed by atoms with van der Waals surface area (Å²) >= 11 is 0. The van der Waals surface area contributed by atoms with Gasteiger partial charge in [-0.25, -0.2) is 8.78 Å². The van der Waals surface area contributed by atoms with Crippen molar-refractivity contribution in [3.63, 3.8) is 0 Å². The third-order valence-corrected chi connectivity index (χ3v) is 3.63. The van der Waals surface area contributed by atoms with E-state index in [1.807, 2.05) is 0 Å². The molecule has 1 unspecified atom stereocenters. The summed E-state index contributed by atoms with van der Waals surface area (Å²) in [7, 11) is 0. The number of para-hydroxylation sites is 1. The van der Waals surface area contributed by atoms with Crippen LogP contribution in [0.2, 0.25) is 0 Å². The number of amides is 1. The van der Waals surface area contributed by atoms with Gasteiger partial charge in [0, 0.05) is 6.04 Å². The van der Waals surface area contributed by atoms with E-state index in [1.54, 1.807) is 6.92 Å². The second-order valence-corrected chi connectivity index (χ2v) is 5.62. The van der Waals surface area contributed by atoms with Gasteiger partial charge in [-0.05, 0) is 44.7 Å². The second-order valence-electron chi connectivity index (χ2n) is 5.62. The van der Waals surface area contributed by atoms with Crippen molar-refractivity contribution in [3.05, 3.63) is 29.8 Å². The zero-order valence-electron chi connectivity index (χ0n) is 12.0. The molecule has 0 radical (unpaired) electrons. The molecule has 0 aliphatic heterocycles. The molecule has 0 spiro atoms. The van der Waals surface area contributed by atoms with Crippen LogP contribution in [0, 0.1) is 11.6 Å². The first-order chi connectivity index (χ1) is 9.92. The van der Waals surface area contributed by atoms with Gasteiger partial charge >= 0.3 is 0 Å². The highest BCUT2D eigenvalue weighted by Gasteiger charge is 2.36. The largest absolute Gasteiger partial charge is 0.488 e. The Balaban J connectivity index is 1.83. The lowest BCUT2D eigenvalue weighted by atomic mass is 9.95. The smallest absolute Gasteiger partial charge is 0.237 e. The molecule has 0 bridgehead atoms. The normalized spacial score (nSPS) is 17.3. The number of nitrogens with two attached hydrogens (primary N) is 1. The van der Waals surface area contributed by atoms with E-state index in [4.69, 9.17) is 10.5 Å². The van der Waals surface area contributed by atoms with Gasteiger partial charge in [-0.2, -0.15) is 0 Å². The molecule has 6 heteroatoms. The number of halogens is 2. The van der Waals surface area contributed by atoms with Crippen molar-refractivity contribution in [3.8, 4) is 5.75 Å². The third-order valence-electron chi connectivity index (χ3n) is 3.63. The van der Waals surface area contributed by atoms with Gasteiger partial charge in [-0.3, -0.25) is 4.79 Å². The molecule has 1 aromatic carbocycles. The minimum absolute atomic E-state index is 0.118.